The lowest BCUT2D eigenvalue weighted by molar-refractivity contribution is 0.0557. The van der Waals surface area contributed by atoms with Crippen LogP contribution >= 0.6 is 0 Å². The van der Waals surface area contributed by atoms with E-state index in [1.54, 1.807) is 14.2 Å². The van der Waals surface area contributed by atoms with Crippen LogP contribution < -0.4 is 9.47 Å². The van der Waals surface area contributed by atoms with Gasteiger partial charge < -0.3 is 9.47 Å². The summed E-state index contributed by atoms with van der Waals surface area (Å²) in [5, 5.41) is 0. The molecule has 1 fully saturated rings. The SMILES string of the molecule is COc1ccc(C(CC(=O)c2ccccc2)N2CCN(C(CC(=O)c3ccccc3)c3ccc(OC)cc3)CC2)cc1. The largest absolute Gasteiger partial charge is 0.497 e. The maximum absolute atomic E-state index is 13.4. The smallest absolute Gasteiger partial charge is 0.164 e. The monoisotopic (exact) mass is 562 g/mol. The van der Waals surface area contributed by atoms with Crippen LogP contribution in [-0.4, -0.2) is 61.8 Å². The molecule has 0 spiro atoms. The Morgan fingerprint density at radius 3 is 1.19 bits per heavy atom. The Kier molecular flexibility index (Phi) is 9.80. The molecule has 0 aliphatic carbocycles. The molecule has 1 aliphatic heterocycles. The molecular weight excluding hydrogens is 524 g/mol. The van der Waals surface area contributed by atoms with Gasteiger partial charge in [0.2, 0.25) is 0 Å². The highest BCUT2D eigenvalue weighted by atomic mass is 16.5. The van der Waals surface area contributed by atoms with E-state index in [1.807, 2.05) is 84.9 Å². The van der Waals surface area contributed by atoms with Crippen molar-refractivity contribution < 1.29 is 19.1 Å². The number of carbonyl (C=O) groups excluding carboxylic acids is 2. The number of hydrogen-bond donors (Lipinski definition) is 0. The van der Waals surface area contributed by atoms with Crippen molar-refractivity contribution in [2.45, 2.75) is 24.9 Å². The second-order valence-corrected chi connectivity index (χ2v) is 10.6. The first kappa shape index (κ1) is 29.2. The van der Waals surface area contributed by atoms with Gasteiger partial charge in [0, 0.05) is 62.2 Å². The van der Waals surface area contributed by atoms with Gasteiger partial charge in [0.25, 0.3) is 0 Å². The molecule has 2 atom stereocenters. The first-order valence-corrected chi connectivity index (χ1v) is 14.5. The van der Waals surface area contributed by atoms with Crippen LogP contribution in [0.15, 0.2) is 109 Å². The van der Waals surface area contributed by atoms with E-state index in [0.29, 0.717) is 12.8 Å². The second kappa shape index (κ2) is 14.1. The van der Waals surface area contributed by atoms with E-state index >= 15 is 0 Å². The third-order valence-corrected chi connectivity index (χ3v) is 8.18. The van der Waals surface area contributed by atoms with Crippen LogP contribution in [0.3, 0.4) is 0 Å². The minimum absolute atomic E-state index is 0.0591. The average Bonchev–Trinajstić information content (AvgIpc) is 3.07. The Morgan fingerprint density at radius 2 is 0.881 bits per heavy atom. The first-order valence-electron chi connectivity index (χ1n) is 14.5. The van der Waals surface area contributed by atoms with Gasteiger partial charge in [-0.25, -0.2) is 0 Å². The van der Waals surface area contributed by atoms with Crippen molar-refractivity contribution >= 4 is 11.6 Å². The van der Waals surface area contributed by atoms with E-state index in [4.69, 9.17) is 9.47 Å². The summed E-state index contributed by atoms with van der Waals surface area (Å²) in [6.45, 7) is 3.13. The minimum atomic E-state index is -0.0591. The maximum atomic E-state index is 13.4. The van der Waals surface area contributed by atoms with Crippen molar-refractivity contribution in [3.8, 4) is 11.5 Å². The zero-order chi connectivity index (χ0) is 29.3. The van der Waals surface area contributed by atoms with Gasteiger partial charge in [0.15, 0.2) is 11.6 Å². The van der Waals surface area contributed by atoms with Gasteiger partial charge in [0.05, 0.1) is 14.2 Å². The first-order chi connectivity index (χ1) is 20.6. The van der Waals surface area contributed by atoms with E-state index in [9.17, 15) is 9.59 Å². The number of benzene rings is 4. The normalized spacial score (nSPS) is 15.5. The quantitative estimate of drug-likeness (QED) is 0.180. The van der Waals surface area contributed by atoms with Crippen molar-refractivity contribution in [3.63, 3.8) is 0 Å². The van der Waals surface area contributed by atoms with Crippen LogP contribution in [0.2, 0.25) is 0 Å². The number of carbonyl (C=O) groups is 2. The topological polar surface area (TPSA) is 59.1 Å². The lowest BCUT2D eigenvalue weighted by Gasteiger charge is -2.42. The molecular formula is C36H38N2O4. The summed E-state index contributed by atoms with van der Waals surface area (Å²) in [5.74, 6) is 1.84. The van der Waals surface area contributed by atoms with Gasteiger partial charge in [0.1, 0.15) is 11.5 Å². The van der Waals surface area contributed by atoms with Crippen molar-refractivity contribution in [1.29, 1.82) is 0 Å². The molecule has 4 aromatic carbocycles. The average molecular weight is 563 g/mol. The molecule has 1 heterocycles. The molecule has 1 aliphatic rings. The second-order valence-electron chi connectivity index (χ2n) is 10.6. The number of methoxy groups -OCH3 is 2. The lowest BCUT2D eigenvalue weighted by atomic mass is 9.94. The number of Topliss-reactive ketones (excluding diaryl/α,β-unsaturated/α-hetero) is 2. The van der Waals surface area contributed by atoms with Crippen LogP contribution in [0.1, 0.15) is 56.8 Å². The third-order valence-electron chi connectivity index (χ3n) is 8.18. The van der Waals surface area contributed by atoms with Crippen molar-refractivity contribution in [3.05, 3.63) is 131 Å². The molecule has 0 N–H and O–H groups in total. The zero-order valence-corrected chi connectivity index (χ0v) is 24.3. The number of rotatable bonds is 12. The predicted octanol–water partition coefficient (Wildman–Crippen LogP) is 6.65. The number of hydrogen-bond acceptors (Lipinski definition) is 6. The van der Waals surface area contributed by atoms with Gasteiger partial charge in [-0.05, 0) is 35.4 Å². The standard InChI is InChI=1S/C36H38N2O4/c1-41-31-17-13-27(14-18-31)33(25-35(39)29-9-5-3-6-10-29)37-21-23-38(24-22-37)34(28-15-19-32(42-2)20-16-28)26-36(40)30-11-7-4-8-12-30/h3-20,33-34H,21-26H2,1-2H3. The van der Waals surface area contributed by atoms with Crippen LogP contribution in [-0.2, 0) is 0 Å². The zero-order valence-electron chi connectivity index (χ0n) is 24.3. The van der Waals surface area contributed by atoms with Crippen LogP contribution in [0, 0.1) is 0 Å². The summed E-state index contributed by atoms with van der Waals surface area (Å²) in [6.07, 6.45) is 0.787. The highest BCUT2D eigenvalue weighted by molar-refractivity contribution is 5.97. The molecule has 6 nitrogen and oxygen atoms in total. The summed E-state index contributed by atoms with van der Waals surface area (Å²) in [5.41, 5.74) is 3.65. The van der Waals surface area contributed by atoms with Gasteiger partial charge in [-0.1, -0.05) is 84.9 Å². The molecule has 1 saturated heterocycles. The summed E-state index contributed by atoms with van der Waals surface area (Å²) in [6, 6.07) is 35.0. The number of nitrogens with zero attached hydrogens (tertiary/aromatic N) is 2. The molecule has 0 radical (unpaired) electrons. The molecule has 4 aromatic rings. The highest BCUT2D eigenvalue weighted by Crippen LogP contribution is 2.33. The Hall–Kier alpha value is -4.26. The molecule has 0 amide bonds. The van der Waals surface area contributed by atoms with Crippen LogP contribution in [0.4, 0.5) is 0 Å². The van der Waals surface area contributed by atoms with E-state index in [-0.39, 0.29) is 23.7 Å². The van der Waals surface area contributed by atoms with Crippen molar-refractivity contribution in [1.82, 2.24) is 9.80 Å². The molecule has 6 heteroatoms. The molecule has 216 valence electrons. The molecule has 0 saturated carbocycles. The van der Waals surface area contributed by atoms with Gasteiger partial charge in [-0.15, -0.1) is 0 Å². The van der Waals surface area contributed by atoms with E-state index in [1.165, 1.54) is 0 Å². The van der Waals surface area contributed by atoms with Gasteiger partial charge in [-0.3, -0.25) is 19.4 Å². The Morgan fingerprint density at radius 1 is 0.548 bits per heavy atom. The number of piperazine rings is 1. The molecule has 42 heavy (non-hydrogen) atoms. The fourth-order valence-corrected chi connectivity index (χ4v) is 5.76. The summed E-state index contributed by atoms with van der Waals surface area (Å²) in [7, 11) is 3.32. The summed E-state index contributed by atoms with van der Waals surface area (Å²) in [4.78, 5) is 31.5. The fourth-order valence-electron chi connectivity index (χ4n) is 5.76. The maximum Gasteiger partial charge on any atom is 0.164 e. The predicted molar refractivity (Wildman–Crippen MR) is 165 cm³/mol. The van der Waals surface area contributed by atoms with Gasteiger partial charge >= 0.3 is 0 Å². The third kappa shape index (κ3) is 7.14. The summed E-state index contributed by atoms with van der Waals surface area (Å²) >= 11 is 0. The Labute approximate surface area is 248 Å². The number of ether oxygens (including phenoxy) is 2. The highest BCUT2D eigenvalue weighted by Gasteiger charge is 2.31. The van der Waals surface area contributed by atoms with Crippen LogP contribution in [0.5, 0.6) is 11.5 Å². The lowest BCUT2D eigenvalue weighted by Crippen LogP contribution is -2.49. The number of ketones is 2. The van der Waals surface area contributed by atoms with E-state index in [2.05, 4.69) is 34.1 Å². The Bertz CT molecular complexity index is 1320. The van der Waals surface area contributed by atoms with E-state index in [0.717, 1.165) is 59.9 Å². The van der Waals surface area contributed by atoms with Gasteiger partial charge in [-0.2, -0.15) is 0 Å². The Balaban J connectivity index is 1.35. The minimum Gasteiger partial charge on any atom is -0.497 e. The molecule has 0 aromatic heterocycles. The van der Waals surface area contributed by atoms with Crippen LogP contribution in [0.25, 0.3) is 0 Å². The molecule has 0 bridgehead atoms. The molecule has 2 unspecified atom stereocenters. The molecule has 5 rings (SSSR count). The van der Waals surface area contributed by atoms with Crippen molar-refractivity contribution in [2.75, 3.05) is 40.4 Å². The summed E-state index contributed by atoms with van der Waals surface area (Å²) < 4.78 is 10.8. The van der Waals surface area contributed by atoms with E-state index < -0.39 is 0 Å². The van der Waals surface area contributed by atoms with Crippen molar-refractivity contribution in [2.24, 2.45) is 0 Å². The fraction of sp³-hybridized carbons (Fsp3) is 0.278.